The van der Waals surface area contributed by atoms with E-state index in [0.29, 0.717) is 19.4 Å². The maximum atomic E-state index is 10.9. The molecule has 0 radical (unpaired) electrons. The van der Waals surface area contributed by atoms with E-state index in [4.69, 9.17) is 4.74 Å². The lowest BCUT2D eigenvalue weighted by molar-refractivity contribution is -0.385. The third kappa shape index (κ3) is 5.40. The minimum atomic E-state index is -0.611. The summed E-state index contributed by atoms with van der Waals surface area (Å²) >= 11 is 0. The maximum Gasteiger partial charge on any atom is 0.310 e. The van der Waals surface area contributed by atoms with Crippen molar-refractivity contribution in [1.29, 1.82) is 5.26 Å². The van der Waals surface area contributed by atoms with Crippen LogP contribution in [0.15, 0.2) is 24.3 Å². The molecule has 0 aliphatic carbocycles. The number of hydrogen-bond acceptors (Lipinski definition) is 5. The topological polar surface area (TPSA) is 88.2 Å². The maximum absolute atomic E-state index is 10.9. The molecule has 1 aromatic rings. The lowest BCUT2D eigenvalue weighted by atomic mass is 9.97. The van der Waals surface area contributed by atoms with E-state index < -0.39 is 10.5 Å². The van der Waals surface area contributed by atoms with E-state index in [1.54, 1.807) is 18.2 Å². The van der Waals surface area contributed by atoms with Crippen molar-refractivity contribution in [1.82, 2.24) is 5.32 Å². The van der Waals surface area contributed by atoms with E-state index in [-0.39, 0.29) is 17.5 Å². The Morgan fingerprint density at radius 3 is 2.71 bits per heavy atom. The van der Waals surface area contributed by atoms with Crippen molar-refractivity contribution in [3.05, 3.63) is 34.4 Å². The molecule has 0 spiro atoms. The highest BCUT2D eigenvalue weighted by molar-refractivity contribution is 5.45. The van der Waals surface area contributed by atoms with Crippen LogP contribution in [0.3, 0.4) is 0 Å². The van der Waals surface area contributed by atoms with E-state index in [2.05, 4.69) is 11.4 Å². The van der Waals surface area contributed by atoms with Gasteiger partial charge in [0.25, 0.3) is 0 Å². The summed E-state index contributed by atoms with van der Waals surface area (Å²) in [5.41, 5.74) is -0.652. The molecule has 0 aromatic heterocycles. The minimum absolute atomic E-state index is 0.0409. The zero-order valence-corrected chi connectivity index (χ0v) is 12.6. The van der Waals surface area contributed by atoms with E-state index in [1.807, 2.05) is 20.8 Å². The van der Waals surface area contributed by atoms with Gasteiger partial charge in [-0.3, -0.25) is 15.4 Å². The molecule has 1 aromatic carbocycles. The standard InChI is InChI=1S/C15H21N3O3/c1-12(2)17-15(3,11-16)9-6-10-21-14-8-5-4-7-13(14)18(19)20/h4-5,7-8,12,17H,6,9-10H2,1-3H3. The van der Waals surface area contributed by atoms with Crippen LogP contribution in [-0.4, -0.2) is 23.1 Å². The number of nitriles is 1. The molecule has 0 saturated carbocycles. The third-order valence-corrected chi connectivity index (χ3v) is 2.99. The fourth-order valence-corrected chi connectivity index (χ4v) is 2.14. The fourth-order valence-electron chi connectivity index (χ4n) is 2.14. The van der Waals surface area contributed by atoms with Gasteiger partial charge >= 0.3 is 5.69 Å². The van der Waals surface area contributed by atoms with Crippen LogP contribution in [-0.2, 0) is 0 Å². The molecule has 21 heavy (non-hydrogen) atoms. The predicted molar refractivity (Wildman–Crippen MR) is 80.1 cm³/mol. The van der Waals surface area contributed by atoms with Gasteiger partial charge in [0, 0.05) is 12.1 Å². The Kier molecular flexibility index (Phi) is 6.12. The largest absolute Gasteiger partial charge is 0.487 e. The number of nitrogens with one attached hydrogen (secondary N) is 1. The minimum Gasteiger partial charge on any atom is -0.487 e. The highest BCUT2D eigenvalue weighted by Crippen LogP contribution is 2.26. The quantitative estimate of drug-likeness (QED) is 0.452. The molecule has 0 saturated heterocycles. The van der Waals surface area contributed by atoms with Crippen LogP contribution in [0.5, 0.6) is 5.75 Å². The summed E-state index contributed by atoms with van der Waals surface area (Å²) in [6, 6.07) is 8.76. The van der Waals surface area contributed by atoms with Crippen molar-refractivity contribution in [2.75, 3.05) is 6.61 Å². The Morgan fingerprint density at radius 2 is 2.14 bits per heavy atom. The molecule has 0 bridgehead atoms. The summed E-state index contributed by atoms with van der Waals surface area (Å²) in [6.07, 6.45) is 1.25. The zero-order valence-electron chi connectivity index (χ0n) is 12.6. The summed E-state index contributed by atoms with van der Waals surface area (Å²) in [6.45, 7) is 6.15. The number of hydrogen-bond donors (Lipinski definition) is 1. The molecule has 114 valence electrons. The van der Waals surface area contributed by atoms with Gasteiger partial charge in [0.2, 0.25) is 0 Å². The molecule has 0 fully saturated rings. The van der Waals surface area contributed by atoms with Crippen LogP contribution >= 0.6 is 0 Å². The monoisotopic (exact) mass is 291 g/mol. The van der Waals surface area contributed by atoms with Gasteiger partial charge in [0.15, 0.2) is 5.75 Å². The van der Waals surface area contributed by atoms with Crippen LogP contribution in [0.25, 0.3) is 0 Å². The van der Waals surface area contributed by atoms with Crippen molar-refractivity contribution in [2.45, 2.75) is 45.2 Å². The van der Waals surface area contributed by atoms with E-state index >= 15 is 0 Å². The van der Waals surface area contributed by atoms with Crippen molar-refractivity contribution >= 4 is 5.69 Å². The van der Waals surface area contributed by atoms with Gasteiger partial charge in [-0.1, -0.05) is 12.1 Å². The highest BCUT2D eigenvalue weighted by Gasteiger charge is 2.24. The SMILES string of the molecule is CC(C)NC(C)(C#N)CCCOc1ccccc1[N+](=O)[O-]. The summed E-state index contributed by atoms with van der Waals surface area (Å²) in [4.78, 5) is 10.4. The summed E-state index contributed by atoms with van der Waals surface area (Å²) in [5, 5.41) is 23.3. The van der Waals surface area contributed by atoms with Crippen molar-refractivity contribution in [2.24, 2.45) is 0 Å². The molecule has 1 atom stereocenters. The number of para-hydroxylation sites is 2. The van der Waals surface area contributed by atoms with Crippen molar-refractivity contribution in [3.8, 4) is 11.8 Å². The Labute approximate surface area is 124 Å². The van der Waals surface area contributed by atoms with E-state index in [1.165, 1.54) is 6.07 Å². The third-order valence-electron chi connectivity index (χ3n) is 2.99. The number of nitro benzene ring substituents is 1. The van der Waals surface area contributed by atoms with Gasteiger partial charge in [-0.05, 0) is 39.7 Å². The van der Waals surface area contributed by atoms with E-state index in [0.717, 1.165) is 0 Å². The lowest BCUT2D eigenvalue weighted by Gasteiger charge is -2.25. The van der Waals surface area contributed by atoms with Crippen LogP contribution in [0.2, 0.25) is 0 Å². The number of benzene rings is 1. The van der Waals surface area contributed by atoms with Crippen LogP contribution in [0, 0.1) is 21.4 Å². The molecule has 1 N–H and O–H groups in total. The van der Waals surface area contributed by atoms with Crippen LogP contribution in [0.4, 0.5) is 5.69 Å². The predicted octanol–water partition coefficient (Wildman–Crippen LogP) is 3.03. The summed E-state index contributed by atoms with van der Waals surface area (Å²) in [5.74, 6) is 0.262. The number of nitrogens with zero attached hydrogens (tertiary/aromatic N) is 2. The first-order valence-corrected chi connectivity index (χ1v) is 6.93. The molecule has 6 nitrogen and oxygen atoms in total. The number of ether oxygens (including phenoxy) is 1. The van der Waals surface area contributed by atoms with Gasteiger partial charge in [0.1, 0.15) is 5.54 Å². The molecule has 1 rings (SSSR count). The molecule has 0 heterocycles. The smallest absolute Gasteiger partial charge is 0.310 e. The summed E-state index contributed by atoms with van der Waals surface area (Å²) < 4.78 is 5.46. The molecule has 6 heteroatoms. The Bertz CT molecular complexity index is 525. The van der Waals surface area contributed by atoms with Crippen LogP contribution in [0.1, 0.15) is 33.6 Å². The first-order valence-electron chi connectivity index (χ1n) is 6.93. The zero-order chi connectivity index (χ0) is 15.9. The first-order chi connectivity index (χ1) is 9.88. The molecular weight excluding hydrogens is 270 g/mol. The fraction of sp³-hybridized carbons (Fsp3) is 0.533. The van der Waals surface area contributed by atoms with Gasteiger partial charge in [-0.15, -0.1) is 0 Å². The lowest BCUT2D eigenvalue weighted by Crippen LogP contribution is -2.45. The Morgan fingerprint density at radius 1 is 1.48 bits per heavy atom. The van der Waals surface area contributed by atoms with Gasteiger partial charge in [-0.2, -0.15) is 5.26 Å². The van der Waals surface area contributed by atoms with Crippen molar-refractivity contribution < 1.29 is 9.66 Å². The highest BCUT2D eigenvalue weighted by atomic mass is 16.6. The second-order valence-electron chi connectivity index (χ2n) is 5.42. The summed E-state index contributed by atoms with van der Waals surface area (Å²) in [7, 11) is 0. The molecular formula is C15H21N3O3. The Balaban J connectivity index is 2.51. The normalized spacial score (nSPS) is 13.5. The second kappa shape index (κ2) is 7.60. The van der Waals surface area contributed by atoms with Gasteiger partial charge < -0.3 is 4.74 Å². The van der Waals surface area contributed by atoms with Gasteiger partial charge in [-0.25, -0.2) is 0 Å². The Hall–Kier alpha value is -2.13. The average molecular weight is 291 g/mol. The van der Waals surface area contributed by atoms with E-state index in [9.17, 15) is 15.4 Å². The molecule has 0 aliphatic heterocycles. The molecule has 0 aliphatic rings. The van der Waals surface area contributed by atoms with Crippen LogP contribution < -0.4 is 10.1 Å². The number of nitro groups is 1. The molecule has 0 amide bonds. The molecule has 1 unspecified atom stereocenters. The van der Waals surface area contributed by atoms with Gasteiger partial charge in [0.05, 0.1) is 17.6 Å². The number of rotatable bonds is 8. The van der Waals surface area contributed by atoms with Crippen molar-refractivity contribution in [3.63, 3.8) is 0 Å². The second-order valence-corrected chi connectivity index (χ2v) is 5.42. The average Bonchev–Trinajstić information content (AvgIpc) is 2.43. The first kappa shape index (κ1) is 16.9.